The van der Waals surface area contributed by atoms with Crippen molar-refractivity contribution >= 4 is 22.4 Å². The van der Waals surface area contributed by atoms with Crippen molar-refractivity contribution in [1.82, 2.24) is 0 Å². The van der Waals surface area contributed by atoms with E-state index in [1.165, 1.54) is 18.2 Å². The molecular weight excluding hydrogens is 277 g/mol. The Morgan fingerprint density at radius 2 is 1.85 bits per heavy atom. The summed E-state index contributed by atoms with van der Waals surface area (Å²) in [5, 5.41) is 2.53. The predicted octanol–water partition coefficient (Wildman–Crippen LogP) is 2.71. The van der Waals surface area contributed by atoms with Crippen molar-refractivity contribution in [3.05, 3.63) is 66.0 Å². The van der Waals surface area contributed by atoms with Gasteiger partial charge in [0.15, 0.2) is 0 Å². The quantitative estimate of drug-likeness (QED) is 0.920. The Kier molecular flexibility index (Phi) is 5.01. The van der Waals surface area contributed by atoms with E-state index in [0.717, 1.165) is 5.56 Å². The lowest BCUT2D eigenvalue weighted by Crippen LogP contribution is -2.20. The van der Waals surface area contributed by atoms with Gasteiger partial charge in [-0.05, 0) is 23.8 Å². The van der Waals surface area contributed by atoms with Gasteiger partial charge in [0.1, 0.15) is 11.6 Å². The maximum Gasteiger partial charge on any atom is 0.237 e. The molecule has 2 aromatic rings. The zero-order chi connectivity index (χ0) is 14.4. The van der Waals surface area contributed by atoms with E-state index in [1.807, 2.05) is 30.3 Å². The van der Waals surface area contributed by atoms with Gasteiger partial charge in [-0.25, -0.2) is 4.39 Å². The molecule has 0 heterocycles. The third-order valence-corrected chi connectivity index (χ3v) is 3.81. The molecule has 0 fully saturated rings. The number of rotatable bonds is 5. The summed E-state index contributed by atoms with van der Waals surface area (Å²) in [4.78, 5) is 11.7. The lowest BCUT2D eigenvalue weighted by Gasteiger charge is -2.05. The Morgan fingerprint density at radius 1 is 1.10 bits per heavy atom. The number of carbonyl (C=O) groups excluding carboxylic acids is 1. The summed E-state index contributed by atoms with van der Waals surface area (Å²) in [5.41, 5.74) is 1.29. The smallest absolute Gasteiger partial charge is 0.237 e. The third kappa shape index (κ3) is 4.59. The molecule has 0 aliphatic heterocycles. The molecule has 0 aromatic heterocycles. The van der Waals surface area contributed by atoms with Crippen LogP contribution in [0.1, 0.15) is 5.56 Å². The summed E-state index contributed by atoms with van der Waals surface area (Å²) in [6, 6.07) is 14.9. The Labute approximate surface area is 119 Å². The Balaban J connectivity index is 1.87. The summed E-state index contributed by atoms with van der Waals surface area (Å²) >= 11 is 0. The molecule has 0 aliphatic carbocycles. The van der Waals surface area contributed by atoms with Gasteiger partial charge in [0.05, 0.1) is 0 Å². The first-order chi connectivity index (χ1) is 9.63. The van der Waals surface area contributed by atoms with Crippen LogP contribution >= 0.6 is 0 Å². The van der Waals surface area contributed by atoms with Crippen LogP contribution in [0.3, 0.4) is 0 Å². The van der Waals surface area contributed by atoms with Crippen LogP contribution in [0.15, 0.2) is 54.6 Å². The fraction of sp³-hybridized carbons (Fsp3) is 0.133. The SMILES string of the molecule is O=C(C[S@@](=O)Cc1ccccc1)Nc1cccc(F)c1. The molecule has 0 bridgehead atoms. The van der Waals surface area contributed by atoms with Gasteiger partial charge in [0.25, 0.3) is 0 Å². The molecule has 20 heavy (non-hydrogen) atoms. The molecule has 0 radical (unpaired) electrons. The Bertz CT molecular complexity index is 616. The molecular formula is C15H14FNO2S. The number of amides is 1. The zero-order valence-electron chi connectivity index (χ0n) is 10.7. The van der Waals surface area contributed by atoms with Crippen molar-refractivity contribution in [2.24, 2.45) is 0 Å². The number of nitrogens with one attached hydrogen (secondary N) is 1. The molecule has 1 amide bonds. The molecule has 1 N–H and O–H groups in total. The molecule has 2 aromatic carbocycles. The first-order valence-corrected chi connectivity index (χ1v) is 7.56. The van der Waals surface area contributed by atoms with Crippen LogP contribution < -0.4 is 5.32 Å². The first-order valence-electron chi connectivity index (χ1n) is 6.08. The summed E-state index contributed by atoms with van der Waals surface area (Å²) in [6.07, 6.45) is 0. The van der Waals surface area contributed by atoms with E-state index in [4.69, 9.17) is 0 Å². The molecule has 0 unspecified atom stereocenters. The second-order valence-electron chi connectivity index (χ2n) is 4.27. The van der Waals surface area contributed by atoms with E-state index in [9.17, 15) is 13.4 Å². The van der Waals surface area contributed by atoms with Crippen LogP contribution in [0.25, 0.3) is 0 Å². The van der Waals surface area contributed by atoms with Crippen molar-refractivity contribution in [2.75, 3.05) is 11.1 Å². The van der Waals surface area contributed by atoms with Crippen LogP contribution in [-0.2, 0) is 21.3 Å². The topological polar surface area (TPSA) is 46.2 Å². The monoisotopic (exact) mass is 291 g/mol. The lowest BCUT2D eigenvalue weighted by atomic mass is 10.2. The second kappa shape index (κ2) is 6.96. The minimum Gasteiger partial charge on any atom is -0.325 e. The molecule has 0 spiro atoms. The normalized spacial score (nSPS) is 11.8. The average molecular weight is 291 g/mol. The van der Waals surface area contributed by atoms with Gasteiger partial charge in [-0.2, -0.15) is 0 Å². The van der Waals surface area contributed by atoms with Crippen molar-refractivity contribution in [2.45, 2.75) is 5.75 Å². The summed E-state index contributed by atoms with van der Waals surface area (Å²) in [7, 11) is -1.29. The van der Waals surface area contributed by atoms with Gasteiger partial charge in [-0.3, -0.25) is 9.00 Å². The van der Waals surface area contributed by atoms with Gasteiger partial charge in [-0.15, -0.1) is 0 Å². The van der Waals surface area contributed by atoms with Gasteiger partial charge in [0.2, 0.25) is 5.91 Å². The molecule has 2 rings (SSSR count). The zero-order valence-corrected chi connectivity index (χ0v) is 11.5. The van der Waals surface area contributed by atoms with Crippen LogP contribution in [0.5, 0.6) is 0 Å². The van der Waals surface area contributed by atoms with Gasteiger partial charge in [-0.1, -0.05) is 36.4 Å². The molecule has 5 heteroatoms. The van der Waals surface area contributed by atoms with E-state index < -0.39 is 16.6 Å². The summed E-state index contributed by atoms with van der Waals surface area (Å²) < 4.78 is 24.8. The van der Waals surface area contributed by atoms with E-state index in [2.05, 4.69) is 5.32 Å². The van der Waals surface area contributed by atoms with Crippen molar-refractivity contribution in [3.63, 3.8) is 0 Å². The lowest BCUT2D eigenvalue weighted by molar-refractivity contribution is -0.113. The number of hydrogen-bond donors (Lipinski definition) is 1. The predicted molar refractivity (Wildman–Crippen MR) is 78.2 cm³/mol. The van der Waals surface area contributed by atoms with E-state index in [1.54, 1.807) is 6.07 Å². The number of anilines is 1. The van der Waals surface area contributed by atoms with Crippen LogP contribution in [-0.4, -0.2) is 15.9 Å². The Hall–Kier alpha value is -2.01. The fourth-order valence-electron chi connectivity index (χ4n) is 1.72. The minimum absolute atomic E-state index is 0.106. The first kappa shape index (κ1) is 14.4. The minimum atomic E-state index is -1.29. The third-order valence-electron chi connectivity index (χ3n) is 2.57. The maximum atomic E-state index is 13.0. The highest BCUT2D eigenvalue weighted by atomic mass is 32.2. The van der Waals surface area contributed by atoms with Crippen LogP contribution in [0, 0.1) is 5.82 Å². The summed E-state index contributed by atoms with van der Waals surface area (Å²) in [6.45, 7) is 0. The number of benzene rings is 2. The molecule has 1 atom stereocenters. The highest BCUT2D eigenvalue weighted by Crippen LogP contribution is 2.09. The van der Waals surface area contributed by atoms with Crippen LogP contribution in [0.4, 0.5) is 10.1 Å². The Morgan fingerprint density at radius 3 is 2.55 bits per heavy atom. The number of hydrogen-bond acceptors (Lipinski definition) is 2. The number of halogens is 1. The van der Waals surface area contributed by atoms with E-state index in [-0.39, 0.29) is 11.7 Å². The number of carbonyl (C=O) groups is 1. The maximum absolute atomic E-state index is 13.0. The molecule has 0 saturated carbocycles. The largest absolute Gasteiger partial charge is 0.325 e. The van der Waals surface area contributed by atoms with Crippen molar-refractivity contribution in [3.8, 4) is 0 Å². The van der Waals surface area contributed by atoms with Gasteiger partial charge in [0, 0.05) is 22.2 Å². The molecule has 0 saturated heterocycles. The van der Waals surface area contributed by atoms with Crippen molar-refractivity contribution < 1.29 is 13.4 Å². The van der Waals surface area contributed by atoms with Crippen molar-refractivity contribution in [1.29, 1.82) is 0 Å². The van der Waals surface area contributed by atoms with E-state index in [0.29, 0.717) is 11.4 Å². The van der Waals surface area contributed by atoms with Gasteiger partial charge >= 0.3 is 0 Å². The van der Waals surface area contributed by atoms with Gasteiger partial charge < -0.3 is 5.32 Å². The fourth-order valence-corrected chi connectivity index (χ4v) is 2.75. The summed E-state index contributed by atoms with van der Waals surface area (Å²) in [5.74, 6) is -0.582. The second-order valence-corrected chi connectivity index (χ2v) is 5.73. The molecule has 3 nitrogen and oxygen atoms in total. The molecule has 104 valence electrons. The molecule has 0 aliphatic rings. The average Bonchev–Trinajstić information content (AvgIpc) is 2.39. The highest BCUT2D eigenvalue weighted by molar-refractivity contribution is 7.84. The standard InChI is InChI=1S/C15H14FNO2S/c16-13-7-4-8-14(9-13)17-15(18)11-20(19)10-12-5-2-1-3-6-12/h1-9H,10-11H2,(H,17,18)/t20-/m0/s1. The van der Waals surface area contributed by atoms with E-state index >= 15 is 0 Å². The van der Waals surface area contributed by atoms with Crippen LogP contribution in [0.2, 0.25) is 0 Å². The highest BCUT2D eigenvalue weighted by Gasteiger charge is 2.09.